The van der Waals surface area contributed by atoms with E-state index >= 15 is 0 Å². The maximum absolute atomic E-state index is 4.01. The van der Waals surface area contributed by atoms with Crippen molar-refractivity contribution in [1.29, 1.82) is 0 Å². The van der Waals surface area contributed by atoms with Crippen LogP contribution in [0.25, 0.3) is 0 Å². The van der Waals surface area contributed by atoms with Crippen LogP contribution in [0.15, 0.2) is 84.9 Å². The minimum atomic E-state index is -2.12. The number of para-hydroxylation sites is 1. The van der Waals surface area contributed by atoms with Crippen molar-refractivity contribution in [2.45, 2.75) is 32.7 Å². The number of nitrogens with one attached hydrogen (secondary N) is 2. The molecule has 27 heavy (non-hydrogen) atoms. The van der Waals surface area contributed by atoms with E-state index in [-0.39, 0.29) is 0 Å². The molecule has 0 atom stereocenters. The van der Waals surface area contributed by atoms with Crippen LogP contribution in [0.3, 0.4) is 0 Å². The van der Waals surface area contributed by atoms with Crippen LogP contribution in [-0.4, -0.2) is 16.5 Å². The van der Waals surface area contributed by atoms with Crippen molar-refractivity contribution in [2.75, 3.05) is 4.98 Å². The molecule has 3 aromatic rings. The number of hydrogen-bond donors (Lipinski definition) is 2. The van der Waals surface area contributed by atoms with E-state index < -0.39 is 16.5 Å². The molecule has 2 nitrogen and oxygen atoms in total. The third kappa shape index (κ3) is 4.97. The summed E-state index contributed by atoms with van der Waals surface area (Å²) in [6.45, 7) is 10.3. The van der Waals surface area contributed by atoms with Crippen LogP contribution in [0.5, 0.6) is 0 Å². The Bertz CT molecular complexity index is 819. The van der Waals surface area contributed by atoms with Crippen LogP contribution >= 0.6 is 0 Å². The molecule has 0 aromatic heterocycles. The molecular weight excluding hydrogens is 360 g/mol. The van der Waals surface area contributed by atoms with E-state index in [9.17, 15) is 0 Å². The fourth-order valence-electron chi connectivity index (χ4n) is 3.28. The zero-order valence-corrected chi connectivity index (χ0v) is 18.8. The lowest BCUT2D eigenvalue weighted by Crippen LogP contribution is -2.62. The van der Waals surface area contributed by atoms with E-state index in [4.69, 9.17) is 0 Å². The van der Waals surface area contributed by atoms with Crippen molar-refractivity contribution in [3.05, 3.63) is 90.5 Å². The molecule has 0 aliphatic carbocycles. The Morgan fingerprint density at radius 3 is 1.63 bits per heavy atom. The smallest absolute Gasteiger partial charge is 0.214 e. The topological polar surface area (TPSA) is 24.1 Å². The summed E-state index contributed by atoms with van der Waals surface area (Å²) in [6, 6.07) is 30.5. The van der Waals surface area contributed by atoms with E-state index in [1.54, 1.807) is 0 Å². The van der Waals surface area contributed by atoms with Crippen LogP contribution in [0.2, 0.25) is 26.2 Å². The molecule has 140 valence electrons. The molecule has 0 bridgehead atoms. The summed E-state index contributed by atoms with van der Waals surface area (Å²) in [5, 5.41) is 2.79. The van der Waals surface area contributed by atoms with Gasteiger partial charge in [-0.25, -0.2) is 0 Å². The lowest BCUT2D eigenvalue weighted by atomic mass is 10.2. The van der Waals surface area contributed by atoms with Crippen molar-refractivity contribution in [3.8, 4) is 0 Å². The average molecular weight is 391 g/mol. The highest BCUT2D eigenvalue weighted by atomic mass is 28.3. The monoisotopic (exact) mass is 390 g/mol. The Hall–Kier alpha value is -2.15. The summed E-state index contributed by atoms with van der Waals surface area (Å²) in [5.74, 6) is 0. The van der Waals surface area contributed by atoms with E-state index in [0.29, 0.717) is 0 Å². The minimum absolute atomic E-state index is 0.910. The normalized spacial score (nSPS) is 12.0. The average Bonchev–Trinajstić information content (AvgIpc) is 2.68. The van der Waals surface area contributed by atoms with Crippen molar-refractivity contribution in [1.82, 2.24) is 4.98 Å². The zero-order chi connectivity index (χ0) is 19.3. The molecule has 0 heterocycles. The molecule has 0 radical (unpaired) electrons. The van der Waals surface area contributed by atoms with Gasteiger partial charge in [0.25, 0.3) is 0 Å². The second-order valence-corrected chi connectivity index (χ2v) is 16.8. The van der Waals surface area contributed by atoms with Gasteiger partial charge < -0.3 is 9.96 Å². The fraction of sp³-hybridized carbons (Fsp3) is 0.217. The molecule has 0 aliphatic rings. The Labute approximate surface area is 165 Å². The maximum Gasteiger partial charge on any atom is 0.214 e. The van der Waals surface area contributed by atoms with Crippen molar-refractivity contribution >= 4 is 32.5 Å². The lowest BCUT2D eigenvalue weighted by molar-refractivity contribution is 0.917. The third-order valence-electron chi connectivity index (χ3n) is 4.91. The lowest BCUT2D eigenvalue weighted by Gasteiger charge is -2.32. The molecule has 2 N–H and O–H groups in total. The molecule has 0 amide bonds. The maximum atomic E-state index is 4.01. The van der Waals surface area contributed by atoms with Crippen molar-refractivity contribution in [3.63, 3.8) is 0 Å². The summed E-state index contributed by atoms with van der Waals surface area (Å²) in [6.07, 6.45) is 0. The van der Waals surface area contributed by atoms with Gasteiger partial charge in [0.15, 0.2) is 0 Å². The molecule has 0 saturated heterocycles. The first-order valence-electron chi connectivity index (χ1n) is 9.61. The Balaban J connectivity index is 1.99. The number of hydrogen-bond acceptors (Lipinski definition) is 2. The molecule has 0 fully saturated rings. The SMILES string of the molecule is C[Si](C)(C)NCc1ccccc1N[Si](C)(c1ccccc1)c1ccccc1. The van der Waals surface area contributed by atoms with E-state index in [0.717, 1.165) is 6.54 Å². The van der Waals surface area contributed by atoms with Gasteiger partial charge in [-0.2, -0.15) is 0 Å². The van der Waals surface area contributed by atoms with Gasteiger partial charge in [-0.05, 0) is 28.6 Å². The molecule has 3 aromatic carbocycles. The highest BCUT2D eigenvalue weighted by Crippen LogP contribution is 2.19. The molecule has 0 aliphatic heterocycles. The summed E-state index contributed by atoms with van der Waals surface area (Å²) >= 11 is 0. The Kier molecular flexibility index (Phi) is 5.99. The Morgan fingerprint density at radius 2 is 1.11 bits per heavy atom. The van der Waals surface area contributed by atoms with Gasteiger partial charge in [0.1, 0.15) is 8.24 Å². The predicted octanol–water partition coefficient (Wildman–Crippen LogP) is 4.41. The highest BCUT2D eigenvalue weighted by molar-refractivity contribution is 7.03. The van der Waals surface area contributed by atoms with Crippen molar-refractivity contribution in [2.24, 2.45) is 0 Å². The van der Waals surface area contributed by atoms with E-state index in [2.05, 4.69) is 121 Å². The molecular formula is C23H30N2Si2. The van der Waals surface area contributed by atoms with Crippen LogP contribution in [0.1, 0.15) is 5.56 Å². The standard InChI is InChI=1S/C23H30N2Si2/c1-26(2,3)24-19-20-13-11-12-18-23(20)25-27(4,21-14-7-5-8-15-21)22-16-9-6-10-17-22/h5-18,24-25H,19H2,1-4H3. The predicted molar refractivity (Wildman–Crippen MR) is 124 cm³/mol. The van der Waals surface area contributed by atoms with Gasteiger partial charge in [0.05, 0.1) is 0 Å². The first-order valence-corrected chi connectivity index (χ1v) is 15.6. The summed E-state index contributed by atoms with van der Waals surface area (Å²) in [7, 11) is -3.43. The van der Waals surface area contributed by atoms with Crippen LogP contribution in [0, 0.1) is 0 Å². The van der Waals surface area contributed by atoms with Crippen LogP contribution in [0.4, 0.5) is 5.69 Å². The van der Waals surface area contributed by atoms with Gasteiger partial charge in [-0.3, -0.25) is 0 Å². The van der Waals surface area contributed by atoms with Crippen LogP contribution < -0.4 is 20.3 Å². The number of rotatable bonds is 7. The quantitative estimate of drug-likeness (QED) is 0.584. The summed E-state index contributed by atoms with van der Waals surface area (Å²) < 4.78 is 0. The van der Waals surface area contributed by atoms with E-state index in [1.165, 1.54) is 21.6 Å². The van der Waals surface area contributed by atoms with Crippen LogP contribution in [-0.2, 0) is 6.54 Å². The van der Waals surface area contributed by atoms with E-state index in [1.807, 2.05) is 0 Å². The number of benzene rings is 3. The molecule has 4 heteroatoms. The molecule has 0 unspecified atom stereocenters. The highest BCUT2D eigenvalue weighted by Gasteiger charge is 2.33. The third-order valence-corrected chi connectivity index (χ3v) is 9.90. The summed E-state index contributed by atoms with van der Waals surface area (Å²) in [5.41, 5.74) is 2.58. The van der Waals surface area contributed by atoms with Gasteiger partial charge >= 0.3 is 0 Å². The fourth-order valence-corrected chi connectivity index (χ4v) is 7.12. The molecule has 3 rings (SSSR count). The molecule has 0 saturated carbocycles. The minimum Gasteiger partial charge on any atom is -0.403 e. The van der Waals surface area contributed by atoms with Gasteiger partial charge in [0, 0.05) is 12.2 Å². The zero-order valence-electron chi connectivity index (χ0n) is 16.8. The second kappa shape index (κ2) is 8.25. The summed E-state index contributed by atoms with van der Waals surface area (Å²) in [4.78, 5) is 7.77. The Morgan fingerprint density at radius 1 is 0.630 bits per heavy atom. The van der Waals surface area contributed by atoms with Gasteiger partial charge in [0.2, 0.25) is 8.24 Å². The van der Waals surface area contributed by atoms with Gasteiger partial charge in [-0.1, -0.05) is 98.5 Å². The number of anilines is 1. The van der Waals surface area contributed by atoms with Gasteiger partial charge in [-0.15, -0.1) is 0 Å². The van der Waals surface area contributed by atoms with Crippen molar-refractivity contribution < 1.29 is 0 Å². The molecule has 0 spiro atoms. The second-order valence-electron chi connectivity index (χ2n) is 8.24. The largest absolute Gasteiger partial charge is 0.403 e. The first-order chi connectivity index (χ1) is 12.9. The first kappa shape index (κ1) is 19.6.